The van der Waals surface area contributed by atoms with Crippen molar-refractivity contribution in [3.05, 3.63) is 53.2 Å². The van der Waals surface area contributed by atoms with Gasteiger partial charge in [-0.1, -0.05) is 11.6 Å². The van der Waals surface area contributed by atoms with Crippen molar-refractivity contribution in [1.82, 2.24) is 4.98 Å². The molecule has 0 spiro atoms. The van der Waals surface area contributed by atoms with Crippen molar-refractivity contribution < 1.29 is 4.42 Å². The van der Waals surface area contributed by atoms with Crippen molar-refractivity contribution in [2.24, 2.45) is 5.73 Å². The highest BCUT2D eigenvalue weighted by molar-refractivity contribution is 6.31. The number of furan rings is 1. The Kier molecular flexibility index (Phi) is 2.52. The molecule has 2 aromatic rings. The second-order valence-corrected chi connectivity index (χ2v) is 3.31. The molecule has 2 aromatic heterocycles. The molecule has 0 aliphatic heterocycles. The Balaban J connectivity index is 2.37. The molecule has 0 aliphatic rings. The Labute approximate surface area is 86.5 Å². The minimum absolute atomic E-state index is 0.331. The molecule has 4 heteroatoms. The number of aromatic nitrogens is 1. The molecule has 0 radical (unpaired) electrons. The van der Waals surface area contributed by atoms with E-state index >= 15 is 0 Å². The monoisotopic (exact) mass is 208 g/mol. The minimum atomic E-state index is -0.331. The van der Waals surface area contributed by atoms with Gasteiger partial charge in [-0.25, -0.2) is 0 Å². The van der Waals surface area contributed by atoms with Crippen molar-refractivity contribution in [3.63, 3.8) is 0 Å². The molecule has 0 bridgehead atoms. The first-order valence-electron chi connectivity index (χ1n) is 4.17. The van der Waals surface area contributed by atoms with E-state index in [1.54, 1.807) is 36.9 Å². The predicted octanol–water partition coefficient (Wildman–Crippen LogP) is 2.38. The first-order valence-corrected chi connectivity index (χ1v) is 4.55. The summed E-state index contributed by atoms with van der Waals surface area (Å²) in [6, 6.07) is 5.01. The molecule has 0 aromatic carbocycles. The second kappa shape index (κ2) is 3.82. The van der Waals surface area contributed by atoms with E-state index in [-0.39, 0.29) is 6.04 Å². The van der Waals surface area contributed by atoms with Crippen LogP contribution in [-0.4, -0.2) is 4.98 Å². The lowest BCUT2D eigenvalue weighted by Crippen LogP contribution is -2.13. The number of halogens is 1. The van der Waals surface area contributed by atoms with Gasteiger partial charge in [0.15, 0.2) is 0 Å². The molecule has 2 N–H and O–H groups in total. The number of rotatable bonds is 2. The molecule has 0 amide bonds. The number of hydrogen-bond donors (Lipinski definition) is 1. The Bertz CT molecular complexity index is 414. The second-order valence-electron chi connectivity index (χ2n) is 2.90. The fourth-order valence-electron chi connectivity index (χ4n) is 1.24. The van der Waals surface area contributed by atoms with Gasteiger partial charge in [-0.05, 0) is 18.2 Å². The van der Waals surface area contributed by atoms with Crippen LogP contribution in [0.15, 0.2) is 41.3 Å². The predicted molar refractivity (Wildman–Crippen MR) is 54.0 cm³/mol. The van der Waals surface area contributed by atoms with Gasteiger partial charge in [-0.2, -0.15) is 0 Å². The first-order chi connectivity index (χ1) is 6.79. The van der Waals surface area contributed by atoms with E-state index in [1.165, 1.54) is 0 Å². The zero-order valence-corrected chi connectivity index (χ0v) is 8.11. The van der Waals surface area contributed by atoms with Crippen LogP contribution in [0.2, 0.25) is 5.02 Å². The van der Waals surface area contributed by atoms with Crippen molar-refractivity contribution in [1.29, 1.82) is 0 Å². The lowest BCUT2D eigenvalue weighted by molar-refractivity contribution is 0.561. The largest absolute Gasteiger partial charge is 0.472 e. The van der Waals surface area contributed by atoms with Gasteiger partial charge in [0.2, 0.25) is 0 Å². The van der Waals surface area contributed by atoms with Crippen LogP contribution in [0.1, 0.15) is 17.3 Å². The number of nitrogens with two attached hydrogens (primary N) is 1. The summed E-state index contributed by atoms with van der Waals surface area (Å²) in [5.41, 5.74) is 7.48. The molecule has 0 saturated heterocycles. The van der Waals surface area contributed by atoms with Gasteiger partial charge in [-0.3, -0.25) is 4.98 Å². The molecule has 2 rings (SSSR count). The third kappa shape index (κ3) is 1.64. The first kappa shape index (κ1) is 9.24. The highest BCUT2D eigenvalue weighted by Gasteiger charge is 2.14. The highest BCUT2D eigenvalue weighted by Crippen LogP contribution is 2.23. The van der Waals surface area contributed by atoms with Gasteiger partial charge in [0.05, 0.1) is 29.3 Å². The van der Waals surface area contributed by atoms with Gasteiger partial charge < -0.3 is 10.2 Å². The van der Waals surface area contributed by atoms with Gasteiger partial charge in [-0.15, -0.1) is 0 Å². The quantitative estimate of drug-likeness (QED) is 0.825. The zero-order chi connectivity index (χ0) is 9.97. The van der Waals surface area contributed by atoms with E-state index in [0.717, 1.165) is 5.56 Å². The van der Waals surface area contributed by atoms with Crippen LogP contribution >= 0.6 is 11.6 Å². The topological polar surface area (TPSA) is 52.0 Å². The SMILES string of the molecule is NC(c1ccoc1)c1ncccc1Cl. The summed E-state index contributed by atoms with van der Waals surface area (Å²) >= 11 is 5.96. The smallest absolute Gasteiger partial charge is 0.0954 e. The van der Waals surface area contributed by atoms with Crippen LogP contribution in [0.5, 0.6) is 0 Å². The molecule has 3 nitrogen and oxygen atoms in total. The fourth-order valence-corrected chi connectivity index (χ4v) is 1.48. The molecule has 0 aliphatic carbocycles. The minimum Gasteiger partial charge on any atom is -0.472 e. The van der Waals surface area contributed by atoms with Crippen LogP contribution in [0, 0.1) is 0 Å². The lowest BCUT2D eigenvalue weighted by atomic mass is 10.1. The van der Waals surface area contributed by atoms with Crippen LogP contribution in [0.4, 0.5) is 0 Å². The average Bonchev–Trinajstić information content (AvgIpc) is 2.70. The van der Waals surface area contributed by atoms with E-state index in [1.807, 2.05) is 0 Å². The van der Waals surface area contributed by atoms with E-state index in [2.05, 4.69) is 4.98 Å². The number of hydrogen-bond acceptors (Lipinski definition) is 3. The Morgan fingerprint density at radius 2 is 2.29 bits per heavy atom. The zero-order valence-electron chi connectivity index (χ0n) is 7.35. The van der Waals surface area contributed by atoms with Crippen LogP contribution in [0.3, 0.4) is 0 Å². The third-order valence-electron chi connectivity index (χ3n) is 1.98. The molecular weight excluding hydrogens is 200 g/mol. The van der Waals surface area contributed by atoms with Crippen LogP contribution < -0.4 is 5.73 Å². The molecule has 0 fully saturated rings. The molecule has 2 heterocycles. The number of nitrogens with zero attached hydrogens (tertiary/aromatic N) is 1. The van der Waals surface area contributed by atoms with Crippen molar-refractivity contribution in [3.8, 4) is 0 Å². The van der Waals surface area contributed by atoms with Crippen molar-refractivity contribution in [2.45, 2.75) is 6.04 Å². The summed E-state index contributed by atoms with van der Waals surface area (Å²) in [7, 11) is 0. The van der Waals surface area contributed by atoms with Crippen LogP contribution in [0.25, 0.3) is 0 Å². The van der Waals surface area contributed by atoms with E-state index < -0.39 is 0 Å². The molecule has 14 heavy (non-hydrogen) atoms. The molecule has 72 valence electrons. The fraction of sp³-hybridized carbons (Fsp3) is 0.100. The molecule has 1 unspecified atom stereocenters. The summed E-state index contributed by atoms with van der Waals surface area (Å²) in [5.74, 6) is 0. The highest BCUT2D eigenvalue weighted by atomic mass is 35.5. The summed E-state index contributed by atoms with van der Waals surface area (Å²) < 4.78 is 4.95. The Morgan fingerprint density at radius 3 is 2.93 bits per heavy atom. The molecule has 1 atom stereocenters. The third-order valence-corrected chi connectivity index (χ3v) is 2.30. The maximum absolute atomic E-state index is 5.96. The standard InChI is InChI=1S/C10H9ClN2O/c11-8-2-1-4-13-10(8)9(12)7-3-5-14-6-7/h1-6,9H,12H2. The van der Waals surface area contributed by atoms with Gasteiger partial charge in [0, 0.05) is 11.8 Å². The maximum Gasteiger partial charge on any atom is 0.0954 e. The van der Waals surface area contributed by atoms with Gasteiger partial charge in [0.25, 0.3) is 0 Å². The van der Waals surface area contributed by atoms with Crippen molar-refractivity contribution >= 4 is 11.6 Å². The van der Waals surface area contributed by atoms with E-state index in [0.29, 0.717) is 10.7 Å². The van der Waals surface area contributed by atoms with Crippen LogP contribution in [-0.2, 0) is 0 Å². The average molecular weight is 209 g/mol. The Morgan fingerprint density at radius 1 is 1.43 bits per heavy atom. The van der Waals surface area contributed by atoms with E-state index in [9.17, 15) is 0 Å². The van der Waals surface area contributed by atoms with Crippen molar-refractivity contribution in [2.75, 3.05) is 0 Å². The lowest BCUT2D eigenvalue weighted by Gasteiger charge is -2.09. The summed E-state index contributed by atoms with van der Waals surface area (Å²) in [6.07, 6.45) is 4.84. The van der Waals surface area contributed by atoms with Gasteiger partial charge >= 0.3 is 0 Å². The maximum atomic E-state index is 5.96. The normalized spacial score (nSPS) is 12.7. The van der Waals surface area contributed by atoms with Gasteiger partial charge in [0.1, 0.15) is 0 Å². The molecular formula is C10H9ClN2O. The number of pyridine rings is 1. The summed E-state index contributed by atoms with van der Waals surface area (Å²) in [5, 5.41) is 0.571. The Hall–Kier alpha value is -1.32. The molecule has 0 saturated carbocycles. The summed E-state index contributed by atoms with van der Waals surface area (Å²) in [6.45, 7) is 0. The van der Waals surface area contributed by atoms with E-state index in [4.69, 9.17) is 21.8 Å². The summed E-state index contributed by atoms with van der Waals surface area (Å²) in [4.78, 5) is 4.14.